The molecule has 4 rings (SSSR count). The fraction of sp³-hybridized carbons (Fsp3) is 0.0455. The molecule has 0 bridgehead atoms. The van der Waals surface area contributed by atoms with Crippen molar-refractivity contribution in [2.45, 2.75) is 0 Å². The maximum atomic E-state index is 13.3. The van der Waals surface area contributed by atoms with E-state index >= 15 is 0 Å². The van der Waals surface area contributed by atoms with Gasteiger partial charge in [-0.1, -0.05) is 63.7 Å². The van der Waals surface area contributed by atoms with Crippen LogP contribution in [0.4, 0.5) is 5.13 Å². The number of carbonyl (C=O) groups excluding carboxylic acids is 1. The molecule has 0 atom stereocenters. The summed E-state index contributed by atoms with van der Waals surface area (Å²) in [5, 5.41) is 6.30. The van der Waals surface area contributed by atoms with E-state index in [0.29, 0.717) is 10.7 Å². The topological polar surface area (TPSA) is 54.8 Å². The van der Waals surface area contributed by atoms with E-state index in [1.165, 1.54) is 16.3 Å². The van der Waals surface area contributed by atoms with Crippen LogP contribution in [0.1, 0.15) is 15.9 Å². The van der Waals surface area contributed by atoms with E-state index in [1.807, 2.05) is 60.7 Å². The van der Waals surface area contributed by atoms with Gasteiger partial charge in [0.2, 0.25) is 5.13 Å². The molecule has 1 amide bonds. The Morgan fingerprint density at radius 1 is 1.10 bits per heavy atom. The first-order valence-electron chi connectivity index (χ1n) is 8.78. The van der Waals surface area contributed by atoms with E-state index < -0.39 is 0 Å². The number of fused-ring (bicyclic) bond motifs is 1. The van der Waals surface area contributed by atoms with Crippen molar-refractivity contribution in [3.63, 3.8) is 0 Å². The fourth-order valence-corrected chi connectivity index (χ4v) is 4.06. The molecule has 3 aromatic carbocycles. The molecular weight excluding hydrogens is 450 g/mol. The van der Waals surface area contributed by atoms with E-state index in [2.05, 4.69) is 26.0 Å². The van der Waals surface area contributed by atoms with Gasteiger partial charge in [0.05, 0.1) is 23.5 Å². The number of halogens is 1. The predicted molar refractivity (Wildman–Crippen MR) is 121 cm³/mol. The third-order valence-corrected chi connectivity index (χ3v) is 5.64. The third kappa shape index (κ3) is 4.36. The Bertz CT molecular complexity index is 1190. The highest BCUT2D eigenvalue weighted by molar-refractivity contribution is 9.10. The Balaban J connectivity index is 1.77. The lowest BCUT2D eigenvalue weighted by atomic mass is 10.2. The summed E-state index contributed by atoms with van der Waals surface area (Å²) in [5.74, 6) is 0.481. The predicted octanol–water partition coefficient (Wildman–Crippen LogP) is 5.75. The number of ether oxygens (including phenoxy) is 1. The Labute approximate surface area is 180 Å². The summed E-state index contributed by atoms with van der Waals surface area (Å²) in [7, 11) is 1.62. The van der Waals surface area contributed by atoms with Crippen LogP contribution in [0, 0.1) is 0 Å². The SMILES string of the molecule is COc1ccc2nc(N(/N=C/c3ccccc3)C(=O)c3cccc(Br)c3)sc2c1. The van der Waals surface area contributed by atoms with Crippen LogP contribution in [0.25, 0.3) is 10.2 Å². The van der Waals surface area contributed by atoms with Gasteiger partial charge in [0.25, 0.3) is 5.91 Å². The van der Waals surface area contributed by atoms with Crippen LogP contribution in [0.15, 0.2) is 82.4 Å². The average molecular weight is 466 g/mol. The minimum absolute atomic E-state index is 0.260. The van der Waals surface area contributed by atoms with Crippen molar-refractivity contribution in [2.75, 3.05) is 12.1 Å². The Morgan fingerprint density at radius 2 is 1.93 bits per heavy atom. The summed E-state index contributed by atoms with van der Waals surface area (Å²) < 4.78 is 7.03. The number of hydrogen-bond donors (Lipinski definition) is 0. The van der Waals surface area contributed by atoms with Crippen molar-refractivity contribution >= 4 is 54.7 Å². The zero-order valence-corrected chi connectivity index (χ0v) is 17.9. The molecule has 1 heterocycles. The molecule has 7 heteroatoms. The van der Waals surface area contributed by atoms with Crippen LogP contribution >= 0.6 is 27.3 Å². The number of anilines is 1. The lowest BCUT2D eigenvalue weighted by Gasteiger charge is -2.14. The number of benzene rings is 3. The number of aromatic nitrogens is 1. The van der Waals surface area contributed by atoms with E-state index in [0.717, 1.165) is 26.0 Å². The smallest absolute Gasteiger partial charge is 0.280 e. The van der Waals surface area contributed by atoms with Crippen LogP contribution in [-0.2, 0) is 0 Å². The van der Waals surface area contributed by atoms with Gasteiger partial charge < -0.3 is 4.74 Å². The molecule has 4 aromatic rings. The summed E-state index contributed by atoms with van der Waals surface area (Å²) in [5.41, 5.74) is 2.19. The largest absolute Gasteiger partial charge is 0.497 e. The minimum atomic E-state index is -0.260. The van der Waals surface area contributed by atoms with Crippen LogP contribution in [0.5, 0.6) is 5.75 Å². The molecule has 1 aromatic heterocycles. The highest BCUT2D eigenvalue weighted by Crippen LogP contribution is 2.32. The minimum Gasteiger partial charge on any atom is -0.497 e. The molecule has 0 spiro atoms. The second-order valence-electron chi connectivity index (χ2n) is 6.11. The molecule has 0 unspecified atom stereocenters. The Morgan fingerprint density at radius 3 is 2.69 bits per heavy atom. The van der Waals surface area contributed by atoms with Crippen LogP contribution in [0.2, 0.25) is 0 Å². The van der Waals surface area contributed by atoms with Crippen molar-refractivity contribution in [2.24, 2.45) is 5.10 Å². The van der Waals surface area contributed by atoms with Crippen LogP contribution in [0.3, 0.4) is 0 Å². The number of nitrogens with zero attached hydrogens (tertiary/aromatic N) is 3. The molecule has 29 heavy (non-hydrogen) atoms. The second kappa shape index (κ2) is 8.55. The second-order valence-corrected chi connectivity index (χ2v) is 8.04. The van der Waals surface area contributed by atoms with Crippen LogP contribution < -0.4 is 9.75 Å². The normalized spacial score (nSPS) is 11.1. The zero-order chi connectivity index (χ0) is 20.2. The molecule has 0 N–H and O–H groups in total. The van der Waals surface area contributed by atoms with E-state index in [9.17, 15) is 4.79 Å². The lowest BCUT2D eigenvalue weighted by Crippen LogP contribution is -2.25. The first-order chi connectivity index (χ1) is 14.1. The molecule has 0 aliphatic heterocycles. The van der Waals surface area contributed by atoms with E-state index in [-0.39, 0.29) is 5.91 Å². The van der Waals surface area contributed by atoms with Crippen LogP contribution in [-0.4, -0.2) is 24.2 Å². The van der Waals surface area contributed by atoms with Crippen molar-refractivity contribution in [3.05, 3.63) is 88.4 Å². The highest BCUT2D eigenvalue weighted by atomic mass is 79.9. The molecule has 0 aliphatic rings. The maximum Gasteiger partial charge on any atom is 0.280 e. The van der Waals surface area contributed by atoms with Gasteiger partial charge in [-0.05, 0) is 42.0 Å². The monoisotopic (exact) mass is 465 g/mol. The van der Waals surface area contributed by atoms with Gasteiger partial charge in [-0.3, -0.25) is 4.79 Å². The first-order valence-corrected chi connectivity index (χ1v) is 10.4. The Hall–Kier alpha value is -3.03. The number of thiazole rings is 1. The number of hydrazone groups is 1. The number of carbonyl (C=O) groups is 1. The van der Waals surface area contributed by atoms with Gasteiger partial charge in [0.1, 0.15) is 5.75 Å². The molecule has 0 aliphatic carbocycles. The third-order valence-electron chi connectivity index (χ3n) is 4.15. The molecule has 0 radical (unpaired) electrons. The number of rotatable bonds is 5. The van der Waals surface area contributed by atoms with Crippen molar-refractivity contribution in [1.29, 1.82) is 0 Å². The number of amides is 1. The zero-order valence-electron chi connectivity index (χ0n) is 15.4. The molecule has 5 nitrogen and oxygen atoms in total. The van der Waals surface area contributed by atoms with Gasteiger partial charge in [0, 0.05) is 10.0 Å². The number of hydrogen-bond acceptors (Lipinski definition) is 5. The van der Waals surface area contributed by atoms with Gasteiger partial charge in [-0.2, -0.15) is 10.1 Å². The van der Waals surface area contributed by atoms with Crippen molar-refractivity contribution < 1.29 is 9.53 Å². The average Bonchev–Trinajstić information content (AvgIpc) is 3.17. The van der Waals surface area contributed by atoms with Crippen molar-refractivity contribution in [3.8, 4) is 5.75 Å². The number of methoxy groups -OCH3 is 1. The molecular formula is C22H16BrN3O2S. The summed E-state index contributed by atoms with van der Waals surface area (Å²) in [6.07, 6.45) is 1.66. The van der Waals surface area contributed by atoms with Gasteiger partial charge in [0.15, 0.2) is 0 Å². The quantitative estimate of drug-likeness (QED) is 0.278. The Kier molecular flexibility index (Phi) is 5.69. The van der Waals surface area contributed by atoms with E-state index in [1.54, 1.807) is 25.5 Å². The molecule has 144 valence electrons. The summed E-state index contributed by atoms with van der Waals surface area (Å²) in [6.45, 7) is 0. The van der Waals surface area contributed by atoms with Gasteiger partial charge >= 0.3 is 0 Å². The maximum absolute atomic E-state index is 13.3. The highest BCUT2D eigenvalue weighted by Gasteiger charge is 2.21. The first kappa shape index (κ1) is 19.3. The molecule has 0 saturated carbocycles. The summed E-state index contributed by atoms with van der Waals surface area (Å²) in [4.78, 5) is 17.9. The fourth-order valence-electron chi connectivity index (χ4n) is 2.71. The molecule has 0 fully saturated rings. The van der Waals surface area contributed by atoms with E-state index in [4.69, 9.17) is 4.74 Å². The standard InChI is InChI=1S/C22H16BrN3O2S/c1-28-18-10-11-19-20(13-18)29-22(25-19)26(24-14-15-6-3-2-4-7-15)21(27)16-8-5-9-17(23)12-16/h2-14H,1H3/b24-14+. The lowest BCUT2D eigenvalue weighted by molar-refractivity contribution is 0.0988. The summed E-state index contributed by atoms with van der Waals surface area (Å²) in [6, 6.07) is 22.5. The van der Waals surface area contributed by atoms with Gasteiger partial charge in [-0.25, -0.2) is 4.98 Å². The van der Waals surface area contributed by atoms with Crippen molar-refractivity contribution in [1.82, 2.24) is 4.98 Å². The summed E-state index contributed by atoms with van der Waals surface area (Å²) >= 11 is 4.81. The molecule has 0 saturated heterocycles. The van der Waals surface area contributed by atoms with Gasteiger partial charge in [-0.15, -0.1) is 0 Å².